The molecule has 1 aromatic carbocycles. The van der Waals surface area contributed by atoms with Crippen molar-refractivity contribution in [2.24, 2.45) is 0 Å². The molecule has 3 N–H and O–H groups in total. The summed E-state index contributed by atoms with van der Waals surface area (Å²) < 4.78 is 2.41. The Bertz CT molecular complexity index is 592. The van der Waals surface area contributed by atoms with E-state index in [1.165, 1.54) is 42.3 Å². The van der Waals surface area contributed by atoms with Crippen molar-refractivity contribution in [1.82, 2.24) is 9.88 Å². The molecule has 3 nitrogen and oxygen atoms in total. The van der Waals surface area contributed by atoms with E-state index in [1.54, 1.807) is 0 Å². The van der Waals surface area contributed by atoms with Crippen molar-refractivity contribution in [3.05, 3.63) is 30.0 Å². The molecule has 3 rings (SSSR count). The first-order chi connectivity index (χ1) is 9.65. The summed E-state index contributed by atoms with van der Waals surface area (Å²) in [6.07, 6.45) is 5.41. The summed E-state index contributed by atoms with van der Waals surface area (Å²) in [5.41, 5.74) is 9.41. The summed E-state index contributed by atoms with van der Waals surface area (Å²) in [5, 5.41) is 5.00. The fourth-order valence-electron chi connectivity index (χ4n) is 3.42. The highest BCUT2D eigenvalue weighted by atomic mass is 15.0. The minimum atomic E-state index is 0.453. The maximum Gasteiger partial charge on any atom is 0.0506 e. The smallest absolute Gasteiger partial charge is 0.0506 e. The number of rotatable bonds is 4. The van der Waals surface area contributed by atoms with E-state index >= 15 is 0 Å². The lowest BCUT2D eigenvalue weighted by Gasteiger charge is -2.17. The first-order valence-corrected chi connectivity index (χ1v) is 7.78. The van der Waals surface area contributed by atoms with Crippen molar-refractivity contribution in [2.75, 3.05) is 5.73 Å². The Labute approximate surface area is 121 Å². The molecule has 0 amide bonds. The SMILES string of the molecule is CC(C)n1c(CNC2CCCC2)cc2ccc(N)cc21. The third kappa shape index (κ3) is 2.55. The van der Waals surface area contributed by atoms with E-state index in [0.717, 1.165) is 12.2 Å². The zero-order valence-corrected chi connectivity index (χ0v) is 12.5. The summed E-state index contributed by atoms with van der Waals surface area (Å²) in [7, 11) is 0. The van der Waals surface area contributed by atoms with Crippen LogP contribution < -0.4 is 11.1 Å². The van der Waals surface area contributed by atoms with Crippen molar-refractivity contribution in [3.63, 3.8) is 0 Å². The van der Waals surface area contributed by atoms with E-state index in [1.807, 2.05) is 6.07 Å². The Morgan fingerprint density at radius 2 is 2.00 bits per heavy atom. The third-order valence-corrected chi connectivity index (χ3v) is 4.39. The number of hydrogen-bond donors (Lipinski definition) is 2. The van der Waals surface area contributed by atoms with E-state index in [4.69, 9.17) is 5.73 Å². The summed E-state index contributed by atoms with van der Waals surface area (Å²) in [5.74, 6) is 0. The molecule has 2 aromatic rings. The molecule has 3 heteroatoms. The maximum absolute atomic E-state index is 5.95. The molecule has 0 radical (unpaired) electrons. The van der Waals surface area contributed by atoms with Crippen LogP contribution in [0.1, 0.15) is 51.3 Å². The van der Waals surface area contributed by atoms with Gasteiger partial charge in [-0.15, -0.1) is 0 Å². The summed E-state index contributed by atoms with van der Waals surface area (Å²) >= 11 is 0. The van der Waals surface area contributed by atoms with Crippen molar-refractivity contribution < 1.29 is 0 Å². The van der Waals surface area contributed by atoms with Crippen LogP contribution in [0.2, 0.25) is 0 Å². The lowest BCUT2D eigenvalue weighted by molar-refractivity contribution is 0.497. The average molecular weight is 271 g/mol. The number of fused-ring (bicyclic) bond motifs is 1. The van der Waals surface area contributed by atoms with Gasteiger partial charge < -0.3 is 15.6 Å². The normalized spacial score (nSPS) is 16.6. The Morgan fingerprint density at radius 1 is 1.25 bits per heavy atom. The van der Waals surface area contributed by atoms with Crippen LogP contribution in [0.5, 0.6) is 0 Å². The maximum atomic E-state index is 5.95. The number of benzene rings is 1. The second-order valence-electron chi connectivity index (χ2n) is 6.28. The fourth-order valence-corrected chi connectivity index (χ4v) is 3.42. The van der Waals surface area contributed by atoms with Crippen LogP contribution in [0, 0.1) is 0 Å². The molecule has 20 heavy (non-hydrogen) atoms. The van der Waals surface area contributed by atoms with Crippen LogP contribution >= 0.6 is 0 Å². The van der Waals surface area contributed by atoms with Gasteiger partial charge in [0.25, 0.3) is 0 Å². The quantitative estimate of drug-likeness (QED) is 0.830. The summed E-state index contributed by atoms with van der Waals surface area (Å²) in [6.45, 7) is 5.43. The van der Waals surface area contributed by atoms with Gasteiger partial charge in [-0.2, -0.15) is 0 Å². The van der Waals surface area contributed by atoms with E-state index in [9.17, 15) is 0 Å². The Kier molecular flexibility index (Phi) is 3.70. The lowest BCUT2D eigenvalue weighted by Crippen LogP contribution is -2.26. The molecule has 1 heterocycles. The Hall–Kier alpha value is -1.48. The first kappa shape index (κ1) is 13.5. The van der Waals surface area contributed by atoms with Gasteiger partial charge in [0, 0.05) is 35.4 Å². The number of nitrogens with two attached hydrogens (primary N) is 1. The molecule has 108 valence electrons. The molecule has 0 unspecified atom stereocenters. The number of hydrogen-bond acceptors (Lipinski definition) is 2. The van der Waals surface area contributed by atoms with Gasteiger partial charge in [0.05, 0.1) is 5.52 Å². The standard InChI is InChI=1S/C17H25N3/c1-12(2)20-16(11-19-15-5-3-4-6-15)9-13-7-8-14(18)10-17(13)20/h7-10,12,15,19H,3-6,11,18H2,1-2H3. The second kappa shape index (κ2) is 5.49. The Morgan fingerprint density at radius 3 is 2.70 bits per heavy atom. The van der Waals surface area contributed by atoms with Crippen LogP contribution in [0.15, 0.2) is 24.3 Å². The number of nitrogen functional groups attached to an aromatic ring is 1. The van der Waals surface area contributed by atoms with E-state index < -0.39 is 0 Å². The van der Waals surface area contributed by atoms with Crippen LogP contribution in [0.25, 0.3) is 10.9 Å². The molecule has 0 bridgehead atoms. The van der Waals surface area contributed by atoms with Crippen LogP contribution in [0.4, 0.5) is 5.69 Å². The highest BCUT2D eigenvalue weighted by Crippen LogP contribution is 2.26. The highest BCUT2D eigenvalue weighted by Gasteiger charge is 2.16. The van der Waals surface area contributed by atoms with Gasteiger partial charge >= 0.3 is 0 Å². The zero-order chi connectivity index (χ0) is 14.1. The zero-order valence-electron chi connectivity index (χ0n) is 12.5. The molecule has 1 aliphatic rings. The average Bonchev–Trinajstić information content (AvgIpc) is 3.02. The molecule has 0 atom stereocenters. The van der Waals surface area contributed by atoms with Gasteiger partial charge in [0.2, 0.25) is 0 Å². The van der Waals surface area contributed by atoms with Crippen molar-refractivity contribution in [3.8, 4) is 0 Å². The van der Waals surface area contributed by atoms with Gasteiger partial charge in [-0.05, 0) is 44.9 Å². The van der Waals surface area contributed by atoms with Crippen LogP contribution in [-0.2, 0) is 6.54 Å². The summed E-state index contributed by atoms with van der Waals surface area (Å²) in [6, 6.07) is 9.67. The van der Waals surface area contributed by atoms with Crippen molar-refractivity contribution in [1.29, 1.82) is 0 Å². The number of nitrogens with one attached hydrogen (secondary N) is 1. The highest BCUT2D eigenvalue weighted by molar-refractivity contribution is 5.84. The van der Waals surface area contributed by atoms with Gasteiger partial charge in [0.1, 0.15) is 0 Å². The topological polar surface area (TPSA) is 43.0 Å². The van der Waals surface area contributed by atoms with E-state index in [0.29, 0.717) is 12.1 Å². The molecular formula is C17H25N3. The van der Waals surface area contributed by atoms with Gasteiger partial charge in [0.15, 0.2) is 0 Å². The van der Waals surface area contributed by atoms with E-state index in [-0.39, 0.29) is 0 Å². The molecule has 1 fully saturated rings. The third-order valence-electron chi connectivity index (χ3n) is 4.39. The molecule has 0 saturated heterocycles. The minimum Gasteiger partial charge on any atom is -0.399 e. The molecule has 0 aliphatic heterocycles. The minimum absolute atomic E-state index is 0.453. The van der Waals surface area contributed by atoms with Gasteiger partial charge in [-0.3, -0.25) is 0 Å². The second-order valence-corrected chi connectivity index (χ2v) is 6.28. The predicted octanol–water partition coefficient (Wildman–Crippen LogP) is 3.84. The monoisotopic (exact) mass is 271 g/mol. The molecule has 1 saturated carbocycles. The largest absolute Gasteiger partial charge is 0.399 e. The number of aromatic nitrogens is 1. The molecule has 1 aromatic heterocycles. The van der Waals surface area contributed by atoms with Gasteiger partial charge in [-0.25, -0.2) is 0 Å². The molecular weight excluding hydrogens is 246 g/mol. The van der Waals surface area contributed by atoms with Crippen molar-refractivity contribution >= 4 is 16.6 Å². The first-order valence-electron chi connectivity index (χ1n) is 7.78. The van der Waals surface area contributed by atoms with Gasteiger partial charge in [-0.1, -0.05) is 18.9 Å². The predicted molar refractivity (Wildman–Crippen MR) is 85.8 cm³/mol. The molecule has 1 aliphatic carbocycles. The fraction of sp³-hybridized carbons (Fsp3) is 0.529. The van der Waals surface area contributed by atoms with Crippen molar-refractivity contribution in [2.45, 2.75) is 58.2 Å². The van der Waals surface area contributed by atoms with E-state index in [2.05, 4.69) is 41.9 Å². The molecule has 0 spiro atoms. The van der Waals surface area contributed by atoms with Crippen LogP contribution in [-0.4, -0.2) is 10.6 Å². The number of nitrogens with zero attached hydrogens (tertiary/aromatic N) is 1. The summed E-state index contributed by atoms with van der Waals surface area (Å²) in [4.78, 5) is 0. The van der Waals surface area contributed by atoms with Crippen LogP contribution in [0.3, 0.4) is 0 Å². The lowest BCUT2D eigenvalue weighted by atomic mass is 10.2. The number of anilines is 1. The Balaban J connectivity index is 1.90.